The number of carbonyl (C=O) groups is 1. The van der Waals surface area contributed by atoms with Gasteiger partial charge in [0.1, 0.15) is 5.75 Å². The van der Waals surface area contributed by atoms with Crippen molar-refractivity contribution in [3.8, 4) is 5.75 Å². The molecule has 0 bridgehead atoms. The Morgan fingerprint density at radius 2 is 1.88 bits per heavy atom. The number of hydrogen-bond donors (Lipinski definition) is 1. The third-order valence-corrected chi connectivity index (χ3v) is 6.18. The van der Waals surface area contributed by atoms with Crippen molar-refractivity contribution in [3.63, 3.8) is 0 Å². The first-order chi connectivity index (χ1) is 11.9. The van der Waals surface area contributed by atoms with Gasteiger partial charge in [-0.15, -0.1) is 0 Å². The molecule has 2 atom stereocenters. The molecule has 1 N–H and O–H groups in total. The number of rotatable bonds is 4. The second-order valence-corrected chi connectivity index (χ2v) is 8.43. The third-order valence-electron chi connectivity index (χ3n) is 4.12. The molecule has 0 unspecified atom stereocenters. The maximum atomic E-state index is 12.4. The van der Waals surface area contributed by atoms with E-state index in [0.717, 1.165) is 0 Å². The van der Waals surface area contributed by atoms with Crippen LogP contribution in [0.15, 0.2) is 53.4 Å². The van der Waals surface area contributed by atoms with Crippen LogP contribution in [-0.4, -0.2) is 26.2 Å². The van der Waals surface area contributed by atoms with E-state index in [0.29, 0.717) is 22.8 Å². The summed E-state index contributed by atoms with van der Waals surface area (Å²) in [5.41, 5.74) is 0.626. The maximum absolute atomic E-state index is 12.4. The molecule has 1 aliphatic heterocycles. The van der Waals surface area contributed by atoms with Crippen molar-refractivity contribution in [2.75, 3.05) is 5.75 Å². The van der Waals surface area contributed by atoms with Gasteiger partial charge in [0.25, 0.3) is 5.91 Å². The van der Waals surface area contributed by atoms with E-state index in [1.165, 1.54) is 0 Å². The third kappa shape index (κ3) is 3.96. The zero-order chi connectivity index (χ0) is 18.0. The van der Waals surface area contributed by atoms with E-state index < -0.39 is 15.9 Å². The summed E-state index contributed by atoms with van der Waals surface area (Å²) in [6.45, 7) is 1.65. The lowest BCUT2D eigenvalue weighted by atomic mass is 10.0. The molecule has 1 heterocycles. The Hall–Kier alpha value is -2.05. The van der Waals surface area contributed by atoms with Crippen LogP contribution < -0.4 is 10.1 Å². The number of carbonyl (C=O) groups excluding carboxylic acids is 1. The lowest BCUT2D eigenvalue weighted by molar-refractivity contribution is -0.128. The molecule has 1 aliphatic rings. The minimum absolute atomic E-state index is 0.0153. The van der Waals surface area contributed by atoms with Crippen LogP contribution in [0.1, 0.15) is 24.9 Å². The highest BCUT2D eigenvalue weighted by atomic mass is 35.5. The smallest absolute Gasteiger partial charge is 0.261 e. The number of amides is 1. The van der Waals surface area contributed by atoms with Crippen LogP contribution >= 0.6 is 11.6 Å². The van der Waals surface area contributed by atoms with Crippen molar-refractivity contribution in [1.29, 1.82) is 0 Å². The first kappa shape index (κ1) is 17.8. The fourth-order valence-electron chi connectivity index (χ4n) is 2.80. The summed E-state index contributed by atoms with van der Waals surface area (Å²) in [6, 6.07) is 13.2. The van der Waals surface area contributed by atoms with Crippen LogP contribution in [0.3, 0.4) is 0 Å². The van der Waals surface area contributed by atoms with Gasteiger partial charge in [-0.3, -0.25) is 4.79 Å². The van der Waals surface area contributed by atoms with Crippen molar-refractivity contribution in [2.45, 2.75) is 30.4 Å². The monoisotopic (exact) mass is 379 g/mol. The van der Waals surface area contributed by atoms with Gasteiger partial charge in [0.15, 0.2) is 15.9 Å². The Labute approximate surface area is 151 Å². The molecule has 0 spiro atoms. The predicted octanol–water partition coefficient (Wildman–Crippen LogP) is 3.14. The number of ether oxygens (including phenoxy) is 1. The van der Waals surface area contributed by atoms with E-state index in [-0.39, 0.29) is 22.6 Å². The summed E-state index contributed by atoms with van der Waals surface area (Å²) < 4.78 is 29.9. The lowest BCUT2D eigenvalue weighted by Crippen LogP contribution is -2.40. The van der Waals surface area contributed by atoms with Crippen LogP contribution in [0.25, 0.3) is 0 Å². The quantitative estimate of drug-likeness (QED) is 0.885. The summed E-state index contributed by atoms with van der Waals surface area (Å²) in [6.07, 6.45) is -0.370. The fraction of sp³-hybridized carbons (Fsp3) is 0.278. The van der Waals surface area contributed by atoms with E-state index in [9.17, 15) is 13.2 Å². The number of nitrogens with one attached hydrogen (secondary N) is 1. The number of sulfone groups is 1. The number of fused-ring (bicyclic) bond motifs is 1. The van der Waals surface area contributed by atoms with Crippen LogP contribution in [0.2, 0.25) is 5.02 Å². The average Bonchev–Trinajstić information content (AvgIpc) is 2.59. The minimum Gasteiger partial charge on any atom is -0.481 e. The second kappa shape index (κ2) is 7.06. The molecule has 0 saturated heterocycles. The number of hydrogen-bond acceptors (Lipinski definition) is 4. The summed E-state index contributed by atoms with van der Waals surface area (Å²) in [7, 11) is -3.28. The van der Waals surface area contributed by atoms with Gasteiger partial charge in [-0.2, -0.15) is 0 Å². The SMILES string of the molecule is C[C@@H](Oc1ccc(Cl)cc1)C(=O)N[C@H]1CCS(=O)(=O)c2ccccc21. The first-order valence-electron chi connectivity index (χ1n) is 7.91. The molecule has 2 aromatic carbocycles. The van der Waals surface area contributed by atoms with Gasteiger partial charge < -0.3 is 10.1 Å². The summed E-state index contributed by atoms with van der Waals surface area (Å²) in [5.74, 6) is 0.259. The molecule has 132 valence electrons. The molecule has 2 aromatic rings. The lowest BCUT2D eigenvalue weighted by Gasteiger charge is -2.27. The Morgan fingerprint density at radius 3 is 2.60 bits per heavy atom. The largest absolute Gasteiger partial charge is 0.481 e. The highest BCUT2D eigenvalue weighted by Crippen LogP contribution is 2.32. The first-order valence-corrected chi connectivity index (χ1v) is 9.94. The average molecular weight is 380 g/mol. The minimum atomic E-state index is -3.28. The van der Waals surface area contributed by atoms with Crippen molar-refractivity contribution in [2.24, 2.45) is 0 Å². The normalized spacial score (nSPS) is 19.5. The zero-order valence-corrected chi connectivity index (χ0v) is 15.2. The molecule has 0 aliphatic carbocycles. The summed E-state index contributed by atoms with van der Waals surface area (Å²) in [4.78, 5) is 12.7. The highest BCUT2D eigenvalue weighted by molar-refractivity contribution is 7.91. The van der Waals surface area contributed by atoms with E-state index in [2.05, 4.69) is 5.32 Å². The van der Waals surface area contributed by atoms with Gasteiger partial charge in [0.2, 0.25) is 0 Å². The van der Waals surface area contributed by atoms with Crippen LogP contribution in [-0.2, 0) is 14.6 Å². The van der Waals surface area contributed by atoms with Gasteiger partial charge in [0.05, 0.1) is 16.7 Å². The molecular weight excluding hydrogens is 362 g/mol. The van der Waals surface area contributed by atoms with Crippen molar-refractivity contribution in [1.82, 2.24) is 5.32 Å². The highest BCUT2D eigenvalue weighted by Gasteiger charge is 2.31. The van der Waals surface area contributed by atoms with Crippen molar-refractivity contribution < 1.29 is 17.9 Å². The van der Waals surface area contributed by atoms with Crippen LogP contribution in [0.4, 0.5) is 0 Å². The van der Waals surface area contributed by atoms with Gasteiger partial charge in [-0.1, -0.05) is 29.8 Å². The fourth-order valence-corrected chi connectivity index (χ4v) is 4.55. The van der Waals surface area contributed by atoms with Crippen LogP contribution in [0, 0.1) is 0 Å². The standard InChI is InChI=1S/C18H18ClNO4S/c1-12(24-14-8-6-13(19)7-9-14)18(21)20-16-10-11-25(22,23)17-5-3-2-4-15(16)17/h2-9,12,16H,10-11H2,1H3,(H,20,21)/t12-,16+/m1/s1. The van der Waals surface area contributed by atoms with E-state index in [1.54, 1.807) is 55.5 Å². The Balaban J connectivity index is 1.71. The molecule has 0 saturated carbocycles. The van der Waals surface area contributed by atoms with Gasteiger partial charge in [0, 0.05) is 5.02 Å². The molecule has 3 rings (SSSR count). The maximum Gasteiger partial charge on any atom is 0.261 e. The van der Waals surface area contributed by atoms with Gasteiger partial charge >= 0.3 is 0 Å². The molecule has 0 aromatic heterocycles. The molecule has 0 radical (unpaired) electrons. The number of halogens is 1. The molecular formula is C18H18ClNO4S. The van der Waals surface area contributed by atoms with Gasteiger partial charge in [-0.05, 0) is 49.2 Å². The second-order valence-electron chi connectivity index (χ2n) is 5.92. The van der Waals surface area contributed by atoms with E-state index in [4.69, 9.17) is 16.3 Å². The predicted molar refractivity (Wildman–Crippen MR) is 95.5 cm³/mol. The topological polar surface area (TPSA) is 72.5 Å². The summed E-state index contributed by atoms with van der Waals surface area (Å²) >= 11 is 5.83. The Morgan fingerprint density at radius 1 is 1.20 bits per heavy atom. The molecule has 5 nitrogen and oxygen atoms in total. The zero-order valence-electron chi connectivity index (χ0n) is 13.6. The Bertz CT molecular complexity index is 880. The van der Waals surface area contributed by atoms with Crippen LogP contribution in [0.5, 0.6) is 5.75 Å². The molecule has 1 amide bonds. The van der Waals surface area contributed by atoms with E-state index >= 15 is 0 Å². The Kier molecular flexibility index (Phi) is 5.01. The van der Waals surface area contributed by atoms with Gasteiger partial charge in [-0.25, -0.2) is 8.42 Å². The molecule has 0 fully saturated rings. The molecule has 25 heavy (non-hydrogen) atoms. The molecule has 7 heteroatoms. The van der Waals surface area contributed by atoms with E-state index in [1.807, 2.05) is 0 Å². The van der Waals surface area contributed by atoms with Crippen molar-refractivity contribution in [3.05, 3.63) is 59.1 Å². The number of benzene rings is 2. The van der Waals surface area contributed by atoms with Crippen molar-refractivity contribution >= 4 is 27.3 Å². The summed E-state index contributed by atoms with van der Waals surface area (Å²) in [5, 5.41) is 3.48.